The number of hydrogen-bond acceptors (Lipinski definition) is 4. The molecule has 1 heterocycles. The van der Waals surface area contributed by atoms with E-state index in [1.165, 1.54) is 37.0 Å². The number of nitrogens with zero attached hydrogens (tertiary/aromatic N) is 2. The average molecular weight is 526 g/mol. The predicted octanol–water partition coefficient (Wildman–Crippen LogP) is 5.15. The van der Waals surface area contributed by atoms with Gasteiger partial charge < -0.3 is 5.32 Å². The summed E-state index contributed by atoms with van der Waals surface area (Å²) in [7, 11) is -3.98. The number of nitrogens with one attached hydrogen (secondary N) is 1. The number of likely N-dealkylation sites (tertiary alicyclic amines) is 1. The Morgan fingerprint density at radius 3 is 2.39 bits per heavy atom. The molecule has 1 amide bonds. The summed E-state index contributed by atoms with van der Waals surface area (Å²) < 4.78 is 28.0. The van der Waals surface area contributed by atoms with Crippen LogP contribution in [0.4, 0.5) is 5.69 Å². The van der Waals surface area contributed by atoms with Crippen LogP contribution >= 0.6 is 11.6 Å². The van der Waals surface area contributed by atoms with Crippen LogP contribution in [0.15, 0.2) is 77.7 Å². The fourth-order valence-corrected chi connectivity index (χ4v) is 5.98. The molecule has 3 aromatic rings. The largest absolute Gasteiger partial charge is 0.350 e. The first-order valence-electron chi connectivity index (χ1n) is 12.2. The van der Waals surface area contributed by atoms with Gasteiger partial charge in [0.1, 0.15) is 6.54 Å². The molecule has 1 aliphatic heterocycles. The lowest BCUT2D eigenvalue weighted by Gasteiger charge is -2.26. The van der Waals surface area contributed by atoms with Crippen molar-refractivity contribution in [1.82, 2.24) is 10.2 Å². The van der Waals surface area contributed by atoms with E-state index < -0.39 is 15.9 Å². The van der Waals surface area contributed by atoms with Gasteiger partial charge >= 0.3 is 0 Å². The maximum Gasteiger partial charge on any atom is 0.264 e. The minimum atomic E-state index is -3.98. The van der Waals surface area contributed by atoms with E-state index in [0.717, 1.165) is 35.1 Å². The minimum absolute atomic E-state index is 0.111. The number of benzene rings is 3. The summed E-state index contributed by atoms with van der Waals surface area (Å²) in [6, 6.07) is 21.3. The number of aryl methyl sites for hydroxylation is 1. The molecular weight excluding hydrogens is 494 g/mol. The van der Waals surface area contributed by atoms with Gasteiger partial charge in [-0.2, -0.15) is 0 Å². The molecular formula is C28H32ClN3O3S. The summed E-state index contributed by atoms with van der Waals surface area (Å²) >= 11 is 6.29. The average Bonchev–Trinajstić information content (AvgIpc) is 2.89. The molecule has 0 atom stereocenters. The molecule has 6 nitrogen and oxygen atoms in total. The van der Waals surface area contributed by atoms with Crippen molar-refractivity contribution in [1.29, 1.82) is 0 Å². The second-order valence-corrected chi connectivity index (χ2v) is 11.5. The molecule has 0 spiro atoms. The highest BCUT2D eigenvalue weighted by molar-refractivity contribution is 7.92. The van der Waals surface area contributed by atoms with Gasteiger partial charge in [-0.25, -0.2) is 8.42 Å². The molecule has 0 aliphatic carbocycles. The molecule has 0 unspecified atom stereocenters. The summed E-state index contributed by atoms with van der Waals surface area (Å²) in [5, 5.41) is 3.32. The van der Waals surface area contributed by atoms with E-state index in [0.29, 0.717) is 17.3 Å². The standard InChI is InChI=1S/C28H32ClN3O3S/c1-22-13-14-25(18-27(22)29)32(36(34,35)26-11-4-2-5-12-26)21-28(33)30-19-23-9-8-10-24(17-23)20-31-15-6-3-7-16-31/h2,4-5,8-14,17-18H,3,6-7,15-16,19-21H2,1H3,(H,30,33). The lowest BCUT2D eigenvalue weighted by molar-refractivity contribution is -0.119. The Hall–Kier alpha value is -2.87. The van der Waals surface area contributed by atoms with Crippen molar-refractivity contribution < 1.29 is 13.2 Å². The number of anilines is 1. The Morgan fingerprint density at radius 2 is 1.67 bits per heavy atom. The Labute approximate surface area is 218 Å². The highest BCUT2D eigenvalue weighted by Gasteiger charge is 2.27. The number of hydrogen-bond donors (Lipinski definition) is 1. The van der Waals surface area contributed by atoms with Crippen molar-refractivity contribution in [2.75, 3.05) is 23.9 Å². The maximum atomic E-state index is 13.5. The Balaban J connectivity index is 1.47. The quantitative estimate of drug-likeness (QED) is 0.419. The molecule has 1 N–H and O–H groups in total. The Kier molecular flexibility index (Phi) is 8.67. The predicted molar refractivity (Wildman–Crippen MR) is 145 cm³/mol. The molecule has 1 saturated heterocycles. The number of rotatable bonds is 9. The second-order valence-electron chi connectivity index (χ2n) is 9.19. The normalized spacial score (nSPS) is 14.4. The summed E-state index contributed by atoms with van der Waals surface area (Å²) in [4.78, 5) is 15.5. The fraction of sp³-hybridized carbons (Fsp3) is 0.321. The fourth-order valence-electron chi connectivity index (χ4n) is 4.37. The molecule has 0 aromatic heterocycles. The molecule has 4 rings (SSSR count). The SMILES string of the molecule is Cc1ccc(N(CC(=O)NCc2cccc(CN3CCCCC3)c2)S(=O)(=O)c2ccccc2)cc1Cl. The van der Waals surface area contributed by atoms with Crippen LogP contribution in [0.2, 0.25) is 5.02 Å². The summed E-state index contributed by atoms with van der Waals surface area (Å²) in [5.41, 5.74) is 3.36. The summed E-state index contributed by atoms with van der Waals surface area (Å²) in [6.07, 6.45) is 3.78. The topological polar surface area (TPSA) is 69.7 Å². The van der Waals surface area contributed by atoms with Gasteiger partial charge in [-0.3, -0.25) is 14.0 Å². The molecule has 36 heavy (non-hydrogen) atoms. The molecule has 8 heteroatoms. The molecule has 0 bridgehead atoms. The van der Waals surface area contributed by atoms with E-state index in [4.69, 9.17) is 11.6 Å². The maximum absolute atomic E-state index is 13.5. The summed E-state index contributed by atoms with van der Waals surface area (Å²) in [5.74, 6) is -0.396. The van der Waals surface area contributed by atoms with Crippen LogP contribution in [0, 0.1) is 6.92 Å². The van der Waals surface area contributed by atoms with Crippen molar-refractivity contribution in [3.8, 4) is 0 Å². The Morgan fingerprint density at radius 1 is 0.944 bits per heavy atom. The number of sulfonamides is 1. The van der Waals surface area contributed by atoms with E-state index in [2.05, 4.69) is 22.3 Å². The third-order valence-electron chi connectivity index (χ3n) is 6.40. The van der Waals surface area contributed by atoms with Crippen LogP contribution < -0.4 is 9.62 Å². The van der Waals surface area contributed by atoms with Crippen LogP contribution in [0.5, 0.6) is 0 Å². The summed E-state index contributed by atoms with van der Waals surface area (Å²) in [6.45, 7) is 4.95. The van der Waals surface area contributed by atoms with Gasteiger partial charge in [0.05, 0.1) is 10.6 Å². The van der Waals surface area contributed by atoms with Crippen LogP contribution in [-0.4, -0.2) is 38.9 Å². The van der Waals surface area contributed by atoms with E-state index in [1.807, 2.05) is 19.1 Å². The molecule has 1 fully saturated rings. The zero-order valence-electron chi connectivity index (χ0n) is 20.5. The molecule has 3 aromatic carbocycles. The van der Waals surface area contributed by atoms with Gasteiger partial charge in [0.25, 0.3) is 10.0 Å². The minimum Gasteiger partial charge on any atom is -0.350 e. The van der Waals surface area contributed by atoms with Gasteiger partial charge in [0.2, 0.25) is 5.91 Å². The molecule has 0 radical (unpaired) electrons. The van der Waals surface area contributed by atoms with Crippen molar-refractivity contribution in [2.45, 2.75) is 44.2 Å². The molecule has 0 saturated carbocycles. The number of carbonyl (C=O) groups excluding carboxylic acids is 1. The smallest absolute Gasteiger partial charge is 0.264 e. The van der Waals surface area contributed by atoms with Crippen LogP contribution in [0.25, 0.3) is 0 Å². The van der Waals surface area contributed by atoms with Crippen LogP contribution in [-0.2, 0) is 27.9 Å². The zero-order valence-corrected chi connectivity index (χ0v) is 22.1. The van der Waals surface area contributed by atoms with E-state index >= 15 is 0 Å². The van der Waals surface area contributed by atoms with Crippen molar-refractivity contribution >= 4 is 33.2 Å². The highest BCUT2D eigenvalue weighted by atomic mass is 35.5. The third-order valence-corrected chi connectivity index (χ3v) is 8.59. The zero-order chi connectivity index (χ0) is 25.5. The first-order chi connectivity index (χ1) is 17.3. The van der Waals surface area contributed by atoms with E-state index in [9.17, 15) is 13.2 Å². The number of amides is 1. The monoisotopic (exact) mass is 525 g/mol. The van der Waals surface area contributed by atoms with Gasteiger partial charge in [-0.15, -0.1) is 0 Å². The third kappa shape index (κ3) is 6.66. The van der Waals surface area contributed by atoms with Gasteiger partial charge in [0.15, 0.2) is 0 Å². The van der Waals surface area contributed by atoms with Crippen molar-refractivity contribution in [3.63, 3.8) is 0 Å². The van der Waals surface area contributed by atoms with Crippen molar-refractivity contribution in [2.24, 2.45) is 0 Å². The lowest BCUT2D eigenvalue weighted by atomic mass is 10.1. The van der Waals surface area contributed by atoms with E-state index in [1.54, 1.807) is 36.4 Å². The number of carbonyl (C=O) groups is 1. The second kappa shape index (κ2) is 11.9. The van der Waals surface area contributed by atoms with Gasteiger partial charge in [-0.1, -0.05) is 66.6 Å². The number of halogens is 1. The lowest BCUT2D eigenvalue weighted by Crippen LogP contribution is -2.40. The van der Waals surface area contributed by atoms with E-state index in [-0.39, 0.29) is 11.4 Å². The van der Waals surface area contributed by atoms with Crippen LogP contribution in [0.3, 0.4) is 0 Å². The highest BCUT2D eigenvalue weighted by Crippen LogP contribution is 2.28. The van der Waals surface area contributed by atoms with Gasteiger partial charge in [-0.05, 0) is 73.8 Å². The molecule has 1 aliphatic rings. The molecule has 190 valence electrons. The number of piperidine rings is 1. The first-order valence-corrected chi connectivity index (χ1v) is 14.1. The van der Waals surface area contributed by atoms with Crippen molar-refractivity contribution in [3.05, 3.63) is 94.5 Å². The van der Waals surface area contributed by atoms with Gasteiger partial charge in [0, 0.05) is 18.1 Å². The Bertz CT molecular complexity index is 1290. The van der Waals surface area contributed by atoms with Crippen LogP contribution in [0.1, 0.15) is 36.0 Å². The first kappa shape index (κ1) is 26.2.